The molecule has 0 aromatic carbocycles. The van der Waals surface area contributed by atoms with Gasteiger partial charge in [0.25, 0.3) is 12.3 Å². The maximum atomic E-state index is 12.6. The lowest BCUT2D eigenvalue weighted by Gasteiger charge is -2.07. The van der Waals surface area contributed by atoms with Gasteiger partial charge in [-0.15, -0.1) is 11.3 Å². The lowest BCUT2D eigenvalue weighted by molar-refractivity contribution is 0.102. The Morgan fingerprint density at radius 1 is 1.24 bits per heavy atom. The van der Waals surface area contributed by atoms with Crippen LogP contribution in [0.5, 0.6) is 0 Å². The van der Waals surface area contributed by atoms with Gasteiger partial charge in [0.05, 0.1) is 0 Å². The van der Waals surface area contributed by atoms with Gasteiger partial charge >= 0.3 is 0 Å². The monoisotopic (exact) mass is 380 g/mol. The molecule has 0 bridgehead atoms. The number of halogens is 3. The highest BCUT2D eigenvalue weighted by molar-refractivity contribution is 7.14. The minimum Gasteiger partial charge on any atom is -0.296 e. The van der Waals surface area contributed by atoms with Crippen LogP contribution < -0.4 is 5.32 Å². The van der Waals surface area contributed by atoms with Gasteiger partial charge in [0, 0.05) is 17.3 Å². The summed E-state index contributed by atoms with van der Waals surface area (Å²) in [5.41, 5.74) is 1.94. The van der Waals surface area contributed by atoms with E-state index in [1.807, 2.05) is 0 Å². The number of carbonyl (C=O) groups is 1. The van der Waals surface area contributed by atoms with Crippen LogP contribution >= 0.6 is 22.9 Å². The standard InChI is InChI=1S/C16H11ClF2N4OS/c1-8-4-10(9-2-3-20-13(17)6-9)5-11(21-8)15(24)23-16-22-12(7-25-16)14(18)19/h2-7,14H,1H3,(H,22,23,24). The average molecular weight is 381 g/mol. The number of carbonyl (C=O) groups excluding carboxylic acids is 1. The summed E-state index contributed by atoms with van der Waals surface area (Å²) in [6.45, 7) is 1.75. The second-order valence-electron chi connectivity index (χ2n) is 5.08. The molecule has 0 radical (unpaired) electrons. The number of nitrogens with zero attached hydrogens (tertiary/aromatic N) is 3. The number of aromatic nitrogens is 3. The maximum absolute atomic E-state index is 12.6. The Hall–Kier alpha value is -2.45. The molecule has 1 amide bonds. The molecule has 128 valence electrons. The Labute approximate surface area is 150 Å². The molecule has 9 heteroatoms. The van der Waals surface area contributed by atoms with Crippen molar-refractivity contribution < 1.29 is 13.6 Å². The van der Waals surface area contributed by atoms with Gasteiger partial charge in [0.15, 0.2) is 5.13 Å². The Balaban J connectivity index is 1.87. The number of hydrogen-bond acceptors (Lipinski definition) is 5. The maximum Gasteiger partial charge on any atom is 0.281 e. The number of thiazole rings is 1. The van der Waals surface area contributed by atoms with E-state index in [4.69, 9.17) is 11.6 Å². The smallest absolute Gasteiger partial charge is 0.281 e. The number of aryl methyl sites for hydroxylation is 1. The average Bonchev–Trinajstić information content (AvgIpc) is 3.03. The van der Waals surface area contributed by atoms with E-state index in [-0.39, 0.29) is 16.5 Å². The number of hydrogen-bond donors (Lipinski definition) is 1. The summed E-state index contributed by atoms with van der Waals surface area (Å²) < 4.78 is 25.1. The van der Waals surface area contributed by atoms with Gasteiger partial charge < -0.3 is 0 Å². The minimum atomic E-state index is -2.68. The molecule has 1 N–H and O–H groups in total. The lowest BCUT2D eigenvalue weighted by Crippen LogP contribution is -2.14. The van der Waals surface area contributed by atoms with E-state index < -0.39 is 12.3 Å². The predicted molar refractivity (Wildman–Crippen MR) is 92.2 cm³/mol. The van der Waals surface area contributed by atoms with E-state index in [1.165, 1.54) is 5.38 Å². The molecular formula is C16H11ClF2N4OS. The summed E-state index contributed by atoms with van der Waals surface area (Å²) >= 11 is 6.83. The van der Waals surface area contributed by atoms with Crippen molar-refractivity contribution in [2.24, 2.45) is 0 Å². The molecule has 3 rings (SSSR count). The number of anilines is 1. The van der Waals surface area contributed by atoms with Crippen LogP contribution in [-0.2, 0) is 0 Å². The fraction of sp³-hybridized carbons (Fsp3) is 0.125. The van der Waals surface area contributed by atoms with Gasteiger partial charge in [0.1, 0.15) is 16.5 Å². The summed E-state index contributed by atoms with van der Waals surface area (Å²) in [4.78, 5) is 24.1. The second-order valence-corrected chi connectivity index (χ2v) is 6.33. The fourth-order valence-corrected chi connectivity index (χ4v) is 3.01. The molecule has 0 aliphatic rings. The molecule has 0 saturated carbocycles. The Morgan fingerprint density at radius 3 is 2.72 bits per heavy atom. The summed E-state index contributed by atoms with van der Waals surface area (Å²) in [6, 6.07) is 6.84. The fourth-order valence-electron chi connectivity index (χ4n) is 2.14. The van der Waals surface area contributed by atoms with E-state index in [9.17, 15) is 13.6 Å². The minimum absolute atomic E-state index is 0.0945. The van der Waals surface area contributed by atoms with Crippen LogP contribution in [0.3, 0.4) is 0 Å². The van der Waals surface area contributed by atoms with E-state index in [0.717, 1.165) is 22.5 Å². The van der Waals surface area contributed by atoms with Gasteiger partial charge in [0.2, 0.25) is 0 Å². The predicted octanol–water partition coefficient (Wildman–Crippen LogP) is 4.75. The zero-order chi connectivity index (χ0) is 18.0. The molecule has 5 nitrogen and oxygen atoms in total. The number of nitrogens with one attached hydrogen (secondary N) is 1. The molecule has 3 heterocycles. The first kappa shape index (κ1) is 17.4. The van der Waals surface area contributed by atoms with Gasteiger partial charge in [-0.1, -0.05) is 11.6 Å². The molecule has 0 unspecified atom stereocenters. The van der Waals surface area contributed by atoms with Crippen LogP contribution in [0.25, 0.3) is 11.1 Å². The van der Waals surface area contributed by atoms with E-state index in [2.05, 4.69) is 20.3 Å². The van der Waals surface area contributed by atoms with Crippen LogP contribution in [-0.4, -0.2) is 20.9 Å². The van der Waals surface area contributed by atoms with Crippen molar-refractivity contribution in [3.63, 3.8) is 0 Å². The lowest BCUT2D eigenvalue weighted by atomic mass is 10.1. The highest BCUT2D eigenvalue weighted by Gasteiger charge is 2.16. The molecule has 0 aliphatic heterocycles. The van der Waals surface area contributed by atoms with E-state index in [0.29, 0.717) is 10.8 Å². The first-order valence-corrected chi connectivity index (χ1v) is 8.33. The summed E-state index contributed by atoms with van der Waals surface area (Å²) in [5.74, 6) is -0.528. The Kier molecular flexibility index (Phi) is 5.00. The first-order chi connectivity index (χ1) is 11.9. The van der Waals surface area contributed by atoms with Crippen LogP contribution in [0.4, 0.5) is 13.9 Å². The zero-order valence-electron chi connectivity index (χ0n) is 12.8. The normalized spacial score (nSPS) is 10.9. The molecule has 25 heavy (non-hydrogen) atoms. The van der Waals surface area contributed by atoms with Crippen LogP contribution in [0, 0.1) is 6.92 Å². The van der Waals surface area contributed by atoms with Crippen molar-refractivity contribution in [1.82, 2.24) is 15.0 Å². The van der Waals surface area contributed by atoms with Gasteiger partial charge in [-0.25, -0.2) is 23.7 Å². The first-order valence-electron chi connectivity index (χ1n) is 7.08. The number of pyridine rings is 2. The Bertz CT molecular complexity index is 932. The molecular weight excluding hydrogens is 370 g/mol. The van der Waals surface area contributed by atoms with Crippen molar-refractivity contribution in [3.05, 3.63) is 58.1 Å². The summed E-state index contributed by atoms with van der Waals surface area (Å²) in [6.07, 6.45) is -1.11. The molecule has 3 aromatic rings. The molecule has 0 spiro atoms. The molecule has 0 atom stereocenters. The number of alkyl halides is 2. The molecule has 0 aliphatic carbocycles. The summed E-state index contributed by atoms with van der Waals surface area (Å²) in [5, 5.41) is 4.12. The molecule has 3 aromatic heterocycles. The van der Waals surface area contributed by atoms with Crippen molar-refractivity contribution in [1.29, 1.82) is 0 Å². The van der Waals surface area contributed by atoms with Crippen molar-refractivity contribution in [2.45, 2.75) is 13.3 Å². The van der Waals surface area contributed by atoms with Crippen molar-refractivity contribution in [3.8, 4) is 11.1 Å². The van der Waals surface area contributed by atoms with Crippen LogP contribution in [0.2, 0.25) is 5.15 Å². The third-order valence-corrected chi connectivity index (χ3v) is 4.19. The number of rotatable bonds is 4. The van der Waals surface area contributed by atoms with Crippen LogP contribution in [0.15, 0.2) is 35.8 Å². The molecule has 0 fully saturated rings. The second kappa shape index (κ2) is 7.20. The largest absolute Gasteiger partial charge is 0.296 e. The summed E-state index contributed by atoms with van der Waals surface area (Å²) in [7, 11) is 0. The topological polar surface area (TPSA) is 67.8 Å². The van der Waals surface area contributed by atoms with Gasteiger partial charge in [-0.3, -0.25) is 10.1 Å². The number of amides is 1. The van der Waals surface area contributed by atoms with Crippen molar-refractivity contribution >= 4 is 34.0 Å². The quantitative estimate of drug-likeness (QED) is 0.663. The van der Waals surface area contributed by atoms with E-state index in [1.54, 1.807) is 37.4 Å². The van der Waals surface area contributed by atoms with Gasteiger partial charge in [-0.05, 0) is 42.3 Å². The zero-order valence-corrected chi connectivity index (χ0v) is 14.4. The van der Waals surface area contributed by atoms with Gasteiger partial charge in [-0.2, -0.15) is 0 Å². The third-order valence-electron chi connectivity index (χ3n) is 3.21. The SMILES string of the molecule is Cc1cc(-c2ccnc(Cl)c2)cc(C(=O)Nc2nc(C(F)F)cs2)n1. The van der Waals surface area contributed by atoms with Crippen molar-refractivity contribution in [2.75, 3.05) is 5.32 Å². The highest BCUT2D eigenvalue weighted by Crippen LogP contribution is 2.25. The third kappa shape index (κ3) is 4.15. The van der Waals surface area contributed by atoms with Crippen LogP contribution in [0.1, 0.15) is 28.3 Å². The Morgan fingerprint density at radius 2 is 2.04 bits per heavy atom. The van der Waals surface area contributed by atoms with E-state index >= 15 is 0 Å². The highest BCUT2D eigenvalue weighted by atomic mass is 35.5. The molecule has 0 saturated heterocycles.